The Kier molecular flexibility index (Phi) is 3.10. The second-order valence-corrected chi connectivity index (χ2v) is 6.61. The van der Waals surface area contributed by atoms with Gasteiger partial charge in [0.1, 0.15) is 5.60 Å². The molecule has 0 bridgehead atoms. The minimum Gasteiger partial charge on any atom is -0.444 e. The molecule has 98 valence electrons. The molecule has 0 unspecified atom stereocenters. The molecule has 1 aliphatic heterocycles. The number of nitrogens with zero attached hydrogens (tertiary/aromatic N) is 1. The van der Waals surface area contributed by atoms with Gasteiger partial charge in [-0.25, -0.2) is 4.79 Å². The molecule has 0 aromatic rings. The number of piperidine rings is 1. The lowest BCUT2D eigenvalue weighted by molar-refractivity contribution is 0.00193. The van der Waals surface area contributed by atoms with Crippen LogP contribution in [-0.2, 0) is 4.74 Å². The Bertz CT molecular complexity index is 304. The standard InChI is InChI=1S/C13H23NO3/c1-12(2,3)17-11(16)14-7-10(8-15)6-13(9-14)4-5-13/h10,15H,4-9H2,1-3H3/t10-/m1/s1. The summed E-state index contributed by atoms with van der Waals surface area (Å²) < 4.78 is 5.40. The Balaban J connectivity index is 1.98. The molecule has 17 heavy (non-hydrogen) atoms. The van der Waals surface area contributed by atoms with Crippen molar-refractivity contribution in [3.05, 3.63) is 0 Å². The van der Waals surface area contributed by atoms with Crippen LogP contribution in [0.5, 0.6) is 0 Å². The fourth-order valence-electron chi connectivity index (χ4n) is 2.65. The fraction of sp³-hybridized carbons (Fsp3) is 0.923. The normalized spacial score (nSPS) is 27.1. The number of rotatable bonds is 1. The summed E-state index contributed by atoms with van der Waals surface area (Å²) in [5.41, 5.74) is -0.150. The van der Waals surface area contributed by atoms with Crippen molar-refractivity contribution in [3.63, 3.8) is 0 Å². The number of aliphatic hydroxyl groups is 1. The molecule has 1 saturated carbocycles. The van der Waals surface area contributed by atoms with E-state index in [1.165, 1.54) is 12.8 Å². The highest BCUT2D eigenvalue weighted by atomic mass is 16.6. The molecular weight excluding hydrogens is 218 g/mol. The maximum absolute atomic E-state index is 12.0. The van der Waals surface area contributed by atoms with Gasteiger partial charge in [-0.2, -0.15) is 0 Å². The molecule has 4 heteroatoms. The van der Waals surface area contributed by atoms with Crippen LogP contribution in [0.15, 0.2) is 0 Å². The van der Waals surface area contributed by atoms with Crippen LogP contribution in [0.2, 0.25) is 0 Å². The quantitative estimate of drug-likeness (QED) is 0.764. The highest BCUT2D eigenvalue weighted by Gasteiger charge is 2.49. The van der Waals surface area contributed by atoms with E-state index in [0.717, 1.165) is 13.0 Å². The van der Waals surface area contributed by atoms with Crippen LogP contribution in [0.3, 0.4) is 0 Å². The van der Waals surface area contributed by atoms with Gasteiger partial charge < -0.3 is 14.7 Å². The molecule has 1 spiro atoms. The van der Waals surface area contributed by atoms with Gasteiger partial charge in [0.25, 0.3) is 0 Å². The van der Waals surface area contributed by atoms with E-state index in [0.29, 0.717) is 12.0 Å². The number of amides is 1. The lowest BCUT2D eigenvalue weighted by Gasteiger charge is -2.38. The number of carbonyl (C=O) groups excluding carboxylic acids is 1. The van der Waals surface area contributed by atoms with Crippen LogP contribution < -0.4 is 0 Å². The third-order valence-corrected chi connectivity index (χ3v) is 3.59. The number of aliphatic hydroxyl groups excluding tert-OH is 1. The van der Waals surface area contributed by atoms with Crippen LogP contribution in [0.25, 0.3) is 0 Å². The lowest BCUT2D eigenvalue weighted by Crippen LogP contribution is -2.47. The summed E-state index contributed by atoms with van der Waals surface area (Å²) in [5, 5.41) is 9.30. The predicted molar refractivity (Wildman–Crippen MR) is 64.7 cm³/mol. The molecule has 2 rings (SSSR count). The SMILES string of the molecule is CC(C)(C)OC(=O)N1C[C@H](CO)CC2(CC2)C1. The molecule has 1 N–H and O–H groups in total. The van der Waals surface area contributed by atoms with Crippen molar-refractivity contribution in [1.82, 2.24) is 4.90 Å². The van der Waals surface area contributed by atoms with E-state index in [9.17, 15) is 9.90 Å². The van der Waals surface area contributed by atoms with Crippen LogP contribution in [0.4, 0.5) is 4.79 Å². The Labute approximate surface area is 103 Å². The van der Waals surface area contributed by atoms with Gasteiger partial charge in [0, 0.05) is 25.6 Å². The van der Waals surface area contributed by atoms with Crippen molar-refractivity contribution in [3.8, 4) is 0 Å². The van der Waals surface area contributed by atoms with E-state index in [4.69, 9.17) is 4.74 Å². The molecule has 1 heterocycles. The minimum absolute atomic E-state index is 0.168. The summed E-state index contributed by atoms with van der Waals surface area (Å²) in [6.07, 6.45) is 3.19. The van der Waals surface area contributed by atoms with Crippen LogP contribution in [-0.4, -0.2) is 41.4 Å². The Hall–Kier alpha value is -0.770. The summed E-state index contributed by atoms with van der Waals surface area (Å²) in [6, 6.07) is 0. The average molecular weight is 241 g/mol. The summed E-state index contributed by atoms with van der Waals surface area (Å²) in [7, 11) is 0. The zero-order valence-corrected chi connectivity index (χ0v) is 11.0. The third kappa shape index (κ3) is 3.12. The van der Waals surface area contributed by atoms with E-state index in [-0.39, 0.29) is 18.6 Å². The molecule has 1 atom stereocenters. The van der Waals surface area contributed by atoms with E-state index in [2.05, 4.69) is 0 Å². The average Bonchev–Trinajstić information content (AvgIpc) is 2.94. The molecule has 1 aliphatic carbocycles. The highest BCUT2D eigenvalue weighted by molar-refractivity contribution is 5.68. The van der Waals surface area contributed by atoms with Crippen molar-refractivity contribution in [2.45, 2.75) is 45.6 Å². The monoisotopic (exact) mass is 241 g/mol. The smallest absolute Gasteiger partial charge is 0.410 e. The number of likely N-dealkylation sites (tertiary alicyclic amines) is 1. The van der Waals surface area contributed by atoms with Gasteiger partial charge in [-0.15, -0.1) is 0 Å². The van der Waals surface area contributed by atoms with Crippen molar-refractivity contribution in [2.24, 2.45) is 11.3 Å². The predicted octanol–water partition coefficient (Wildman–Crippen LogP) is 2.02. The Morgan fingerprint density at radius 3 is 2.59 bits per heavy atom. The maximum Gasteiger partial charge on any atom is 0.410 e. The summed E-state index contributed by atoms with van der Waals surface area (Å²) in [6.45, 7) is 7.24. The molecule has 4 nitrogen and oxygen atoms in total. The van der Waals surface area contributed by atoms with Crippen molar-refractivity contribution >= 4 is 6.09 Å². The van der Waals surface area contributed by atoms with Gasteiger partial charge in [0.2, 0.25) is 0 Å². The van der Waals surface area contributed by atoms with Crippen LogP contribution in [0.1, 0.15) is 40.0 Å². The van der Waals surface area contributed by atoms with Gasteiger partial charge in [-0.05, 0) is 45.4 Å². The second-order valence-electron chi connectivity index (χ2n) is 6.61. The van der Waals surface area contributed by atoms with Gasteiger partial charge in [0.05, 0.1) is 0 Å². The molecule has 2 aliphatic rings. The van der Waals surface area contributed by atoms with Gasteiger partial charge in [-0.3, -0.25) is 0 Å². The molecule has 0 radical (unpaired) electrons. The van der Waals surface area contributed by atoms with Crippen LogP contribution in [0, 0.1) is 11.3 Å². The first-order valence-electron chi connectivity index (χ1n) is 6.42. The highest BCUT2D eigenvalue weighted by Crippen LogP contribution is 2.53. The van der Waals surface area contributed by atoms with E-state index in [1.54, 1.807) is 4.90 Å². The van der Waals surface area contributed by atoms with Crippen molar-refractivity contribution in [1.29, 1.82) is 0 Å². The van der Waals surface area contributed by atoms with E-state index in [1.807, 2.05) is 20.8 Å². The Morgan fingerprint density at radius 2 is 2.12 bits per heavy atom. The first kappa shape index (κ1) is 12.7. The summed E-state index contributed by atoms with van der Waals surface area (Å²) in [5.74, 6) is 0.221. The number of hydrogen-bond acceptors (Lipinski definition) is 3. The zero-order chi connectivity index (χ0) is 12.7. The van der Waals surface area contributed by atoms with E-state index < -0.39 is 5.60 Å². The first-order chi connectivity index (χ1) is 7.84. The van der Waals surface area contributed by atoms with Gasteiger partial charge in [-0.1, -0.05) is 0 Å². The maximum atomic E-state index is 12.0. The lowest BCUT2D eigenvalue weighted by atomic mass is 9.87. The first-order valence-corrected chi connectivity index (χ1v) is 6.42. The minimum atomic E-state index is -0.444. The van der Waals surface area contributed by atoms with Gasteiger partial charge in [0.15, 0.2) is 0 Å². The Morgan fingerprint density at radius 1 is 1.47 bits per heavy atom. The van der Waals surface area contributed by atoms with E-state index >= 15 is 0 Å². The fourth-order valence-corrected chi connectivity index (χ4v) is 2.65. The molecule has 1 saturated heterocycles. The molecule has 0 aromatic carbocycles. The summed E-state index contributed by atoms with van der Waals surface area (Å²) in [4.78, 5) is 13.8. The summed E-state index contributed by atoms with van der Waals surface area (Å²) >= 11 is 0. The number of ether oxygens (including phenoxy) is 1. The molecule has 2 fully saturated rings. The largest absolute Gasteiger partial charge is 0.444 e. The van der Waals surface area contributed by atoms with Gasteiger partial charge >= 0.3 is 6.09 Å². The second kappa shape index (κ2) is 4.16. The van der Waals surface area contributed by atoms with Crippen molar-refractivity contribution in [2.75, 3.05) is 19.7 Å². The zero-order valence-electron chi connectivity index (χ0n) is 11.0. The van der Waals surface area contributed by atoms with Crippen LogP contribution >= 0.6 is 0 Å². The molecule has 1 amide bonds. The van der Waals surface area contributed by atoms with Crippen molar-refractivity contribution < 1.29 is 14.6 Å². The molecular formula is C13H23NO3. The number of hydrogen-bond donors (Lipinski definition) is 1. The third-order valence-electron chi connectivity index (χ3n) is 3.59. The number of carbonyl (C=O) groups is 1. The molecule has 0 aromatic heterocycles. The topological polar surface area (TPSA) is 49.8 Å².